The molecular formula is C18H20F3NO2S. The number of hydrogen-bond acceptors (Lipinski definition) is 2. The predicted octanol–water partition coefficient (Wildman–Crippen LogP) is 5.15. The first-order valence-corrected chi connectivity index (χ1v) is 9.33. The third-order valence-corrected chi connectivity index (χ3v) is 5.27. The van der Waals surface area contributed by atoms with Crippen molar-refractivity contribution in [1.29, 1.82) is 0 Å². The quantitative estimate of drug-likeness (QED) is 0.739. The largest absolute Gasteiger partial charge is 0.279 e. The zero-order valence-corrected chi connectivity index (χ0v) is 15.2. The van der Waals surface area contributed by atoms with Crippen molar-refractivity contribution in [1.82, 2.24) is 0 Å². The minimum Gasteiger partial charge on any atom is -0.279 e. The number of anilines is 1. The fourth-order valence-corrected chi connectivity index (χ4v) is 3.76. The summed E-state index contributed by atoms with van der Waals surface area (Å²) < 4.78 is 68.0. The Hall–Kier alpha value is -2.02. The van der Waals surface area contributed by atoms with Crippen LogP contribution in [-0.2, 0) is 10.0 Å². The summed E-state index contributed by atoms with van der Waals surface area (Å²) in [6, 6.07) is 6.67. The maximum Gasteiger partial charge on any atom is 0.264 e. The highest BCUT2D eigenvalue weighted by atomic mass is 32.2. The van der Waals surface area contributed by atoms with Gasteiger partial charge in [0.05, 0.1) is 5.69 Å². The highest BCUT2D eigenvalue weighted by Crippen LogP contribution is 2.34. The molecule has 3 nitrogen and oxygen atoms in total. The summed E-state index contributed by atoms with van der Waals surface area (Å²) in [7, 11) is -4.43. The Labute approximate surface area is 145 Å². The Bertz CT molecular complexity index is 867. The molecule has 7 heteroatoms. The van der Waals surface area contributed by atoms with Crippen molar-refractivity contribution < 1.29 is 21.6 Å². The van der Waals surface area contributed by atoms with E-state index in [0.29, 0.717) is 17.8 Å². The van der Waals surface area contributed by atoms with Gasteiger partial charge in [-0.1, -0.05) is 45.9 Å². The number of nitrogens with one attached hydrogen (secondary N) is 1. The Morgan fingerprint density at radius 3 is 1.84 bits per heavy atom. The predicted molar refractivity (Wildman–Crippen MR) is 91.7 cm³/mol. The van der Waals surface area contributed by atoms with E-state index in [0.717, 1.165) is 11.1 Å². The van der Waals surface area contributed by atoms with Gasteiger partial charge in [-0.05, 0) is 35.1 Å². The van der Waals surface area contributed by atoms with E-state index in [1.165, 1.54) is 0 Å². The summed E-state index contributed by atoms with van der Waals surface area (Å²) in [5.74, 6) is -4.98. The first-order valence-electron chi connectivity index (χ1n) is 7.85. The first-order chi connectivity index (χ1) is 11.6. The van der Waals surface area contributed by atoms with Crippen LogP contribution in [0.3, 0.4) is 0 Å². The number of sulfonamides is 1. The Morgan fingerprint density at radius 1 is 0.840 bits per heavy atom. The van der Waals surface area contributed by atoms with E-state index in [-0.39, 0.29) is 11.8 Å². The molecule has 0 bridgehead atoms. The van der Waals surface area contributed by atoms with E-state index in [4.69, 9.17) is 0 Å². The lowest BCUT2D eigenvalue weighted by molar-refractivity contribution is 0.432. The van der Waals surface area contributed by atoms with Gasteiger partial charge in [0.25, 0.3) is 10.0 Å². The standard InChI is InChI=1S/C18H20F3NO2S/c1-10(2)12-6-5-7-13(11(3)4)18(12)22-25(23,24)15-9-8-14(19)16(20)17(15)21/h5-11,22H,1-4H3. The lowest BCUT2D eigenvalue weighted by atomic mass is 9.93. The minimum absolute atomic E-state index is 0.00574. The average Bonchev–Trinajstić information content (AvgIpc) is 2.51. The van der Waals surface area contributed by atoms with Crippen molar-refractivity contribution >= 4 is 15.7 Å². The lowest BCUT2D eigenvalue weighted by Gasteiger charge is -2.21. The highest BCUT2D eigenvalue weighted by Gasteiger charge is 2.26. The van der Waals surface area contributed by atoms with Gasteiger partial charge in [0.1, 0.15) is 4.90 Å². The smallest absolute Gasteiger partial charge is 0.264 e. The number of hydrogen-bond donors (Lipinski definition) is 1. The molecule has 0 aromatic heterocycles. The SMILES string of the molecule is CC(C)c1cccc(C(C)C)c1NS(=O)(=O)c1ccc(F)c(F)c1F. The minimum atomic E-state index is -4.43. The van der Waals surface area contributed by atoms with Gasteiger partial charge in [-0.3, -0.25) is 4.72 Å². The van der Waals surface area contributed by atoms with Gasteiger partial charge < -0.3 is 0 Å². The van der Waals surface area contributed by atoms with Crippen molar-refractivity contribution in [2.75, 3.05) is 4.72 Å². The summed E-state index contributed by atoms with van der Waals surface area (Å²) in [5.41, 5.74) is 1.81. The molecule has 136 valence electrons. The molecule has 2 rings (SSSR count). The molecule has 0 aliphatic heterocycles. The van der Waals surface area contributed by atoms with Crippen molar-refractivity contribution in [3.63, 3.8) is 0 Å². The second kappa shape index (κ2) is 7.07. The third-order valence-electron chi connectivity index (χ3n) is 3.90. The van der Waals surface area contributed by atoms with Crippen LogP contribution in [-0.4, -0.2) is 8.42 Å². The Morgan fingerprint density at radius 2 is 1.36 bits per heavy atom. The normalized spacial score (nSPS) is 12.0. The monoisotopic (exact) mass is 371 g/mol. The van der Waals surface area contributed by atoms with Crippen LogP contribution in [0, 0.1) is 17.5 Å². The zero-order chi connectivity index (χ0) is 18.9. The summed E-state index contributed by atoms with van der Waals surface area (Å²) in [4.78, 5) is -0.931. The second-order valence-corrected chi connectivity index (χ2v) is 8.05. The molecule has 0 radical (unpaired) electrons. The molecule has 0 aliphatic carbocycles. The Balaban J connectivity index is 2.61. The van der Waals surface area contributed by atoms with E-state index in [1.54, 1.807) is 12.1 Å². The molecule has 0 atom stereocenters. The number of benzene rings is 2. The molecule has 0 saturated heterocycles. The van der Waals surface area contributed by atoms with Crippen LogP contribution in [0.5, 0.6) is 0 Å². The molecule has 0 aliphatic rings. The van der Waals surface area contributed by atoms with Gasteiger partial charge in [-0.15, -0.1) is 0 Å². The summed E-state index contributed by atoms with van der Waals surface area (Å²) in [5, 5.41) is 0. The van der Waals surface area contributed by atoms with Gasteiger partial charge in [0, 0.05) is 0 Å². The molecule has 25 heavy (non-hydrogen) atoms. The topological polar surface area (TPSA) is 46.2 Å². The zero-order valence-electron chi connectivity index (χ0n) is 14.4. The van der Waals surface area contributed by atoms with Crippen LogP contribution < -0.4 is 4.72 Å². The van der Waals surface area contributed by atoms with E-state index in [1.807, 2.05) is 33.8 Å². The number of halogens is 3. The van der Waals surface area contributed by atoms with E-state index in [9.17, 15) is 21.6 Å². The molecule has 0 unspecified atom stereocenters. The molecule has 1 N–H and O–H groups in total. The van der Waals surface area contributed by atoms with Crippen LogP contribution in [0.2, 0.25) is 0 Å². The average molecular weight is 371 g/mol. The van der Waals surface area contributed by atoms with Crippen molar-refractivity contribution in [3.8, 4) is 0 Å². The lowest BCUT2D eigenvalue weighted by Crippen LogP contribution is -2.18. The molecule has 0 heterocycles. The van der Waals surface area contributed by atoms with Crippen LogP contribution in [0.4, 0.5) is 18.9 Å². The van der Waals surface area contributed by atoms with E-state index >= 15 is 0 Å². The van der Waals surface area contributed by atoms with E-state index in [2.05, 4.69) is 4.72 Å². The summed E-state index contributed by atoms with van der Waals surface area (Å²) in [6.45, 7) is 7.59. The molecular weight excluding hydrogens is 351 g/mol. The molecule has 2 aromatic rings. The molecule has 0 amide bonds. The Kier molecular flexibility index (Phi) is 5.46. The second-order valence-electron chi connectivity index (χ2n) is 6.40. The van der Waals surface area contributed by atoms with Crippen LogP contribution >= 0.6 is 0 Å². The fraction of sp³-hybridized carbons (Fsp3) is 0.333. The maximum absolute atomic E-state index is 13.9. The van der Waals surface area contributed by atoms with Crippen molar-refractivity contribution in [2.45, 2.75) is 44.4 Å². The number of para-hydroxylation sites is 1. The van der Waals surface area contributed by atoms with Crippen molar-refractivity contribution in [2.24, 2.45) is 0 Å². The molecule has 0 spiro atoms. The van der Waals surface area contributed by atoms with Gasteiger partial charge in [0.15, 0.2) is 17.5 Å². The van der Waals surface area contributed by atoms with Gasteiger partial charge in [-0.25, -0.2) is 21.6 Å². The molecule has 0 saturated carbocycles. The molecule has 2 aromatic carbocycles. The van der Waals surface area contributed by atoms with Crippen molar-refractivity contribution in [3.05, 3.63) is 58.9 Å². The highest BCUT2D eigenvalue weighted by molar-refractivity contribution is 7.92. The number of rotatable bonds is 5. The fourth-order valence-electron chi connectivity index (χ4n) is 2.57. The first kappa shape index (κ1) is 19.3. The van der Waals surface area contributed by atoms with Gasteiger partial charge in [-0.2, -0.15) is 0 Å². The van der Waals surface area contributed by atoms with Gasteiger partial charge >= 0.3 is 0 Å². The van der Waals surface area contributed by atoms with Gasteiger partial charge in [0.2, 0.25) is 0 Å². The van der Waals surface area contributed by atoms with E-state index < -0.39 is 32.4 Å². The third kappa shape index (κ3) is 3.81. The molecule has 0 fully saturated rings. The van der Waals surface area contributed by atoms with Crippen LogP contribution in [0.15, 0.2) is 35.2 Å². The van der Waals surface area contributed by atoms with Crippen LogP contribution in [0.1, 0.15) is 50.7 Å². The maximum atomic E-state index is 13.9. The summed E-state index contributed by atoms with van der Waals surface area (Å²) in [6.07, 6.45) is 0. The summed E-state index contributed by atoms with van der Waals surface area (Å²) >= 11 is 0. The van der Waals surface area contributed by atoms with Crippen LogP contribution in [0.25, 0.3) is 0 Å².